The van der Waals surface area contributed by atoms with Crippen molar-refractivity contribution < 1.29 is 26.4 Å². The van der Waals surface area contributed by atoms with Gasteiger partial charge in [-0.25, -0.2) is 13.1 Å². The average molecular weight is 510 g/mol. The minimum atomic E-state index is -4.65. The molecule has 35 heavy (non-hydrogen) atoms. The molecule has 1 fully saturated rings. The second-order valence-electron chi connectivity index (χ2n) is 9.45. The lowest BCUT2D eigenvalue weighted by Crippen LogP contribution is -2.39. The van der Waals surface area contributed by atoms with Crippen LogP contribution in [-0.2, 0) is 34.0 Å². The molecule has 4 rings (SSSR count). The summed E-state index contributed by atoms with van der Waals surface area (Å²) < 4.78 is 66.3. The molecule has 190 valence electrons. The number of rotatable bonds is 9. The summed E-state index contributed by atoms with van der Waals surface area (Å²) in [4.78, 5) is 12.2. The molecule has 0 spiro atoms. The molecular weight excluding hydrogens is 479 g/mol. The van der Waals surface area contributed by atoms with Crippen molar-refractivity contribution in [1.82, 2.24) is 15.4 Å². The lowest BCUT2D eigenvalue weighted by Gasteiger charge is -2.27. The van der Waals surface area contributed by atoms with Crippen LogP contribution in [0, 0.1) is 0 Å². The number of alkyl halides is 3. The van der Waals surface area contributed by atoms with Gasteiger partial charge < -0.3 is 10.6 Å². The van der Waals surface area contributed by atoms with Crippen molar-refractivity contribution in [3.8, 4) is 0 Å². The van der Waals surface area contributed by atoms with Gasteiger partial charge in [-0.2, -0.15) is 13.2 Å². The fourth-order valence-corrected chi connectivity index (χ4v) is 5.71. The van der Waals surface area contributed by atoms with E-state index in [1.165, 1.54) is 30.9 Å². The molecule has 0 aromatic heterocycles. The molecule has 2 atom stereocenters. The van der Waals surface area contributed by atoms with E-state index < -0.39 is 32.7 Å². The molecule has 0 bridgehead atoms. The van der Waals surface area contributed by atoms with E-state index in [1.54, 1.807) is 0 Å². The Morgan fingerprint density at radius 1 is 1.11 bits per heavy atom. The normalized spacial score (nSPS) is 19.1. The Balaban J connectivity index is 1.35. The summed E-state index contributed by atoms with van der Waals surface area (Å²) in [6.45, 7) is 2.34. The highest BCUT2D eigenvalue weighted by Crippen LogP contribution is 2.32. The number of carbonyl (C=O) groups is 1. The smallest absolute Gasteiger partial charge is 0.349 e. The summed E-state index contributed by atoms with van der Waals surface area (Å²) >= 11 is 0. The maximum absolute atomic E-state index is 12.9. The Morgan fingerprint density at radius 2 is 1.89 bits per heavy atom. The van der Waals surface area contributed by atoms with Crippen LogP contribution in [0.4, 0.5) is 13.2 Å². The standard InChI is InChI=1S/C25H30F3N3O3S/c1-16(31-35(33,34)21-6-3-5-19(14-21)25(26,27)28)12-24(32)30-23-7-2-4-18-13-17(8-11-22(18)23)15-29-20-9-10-20/h3,5-6,8,11,13-14,16,20,23,29,31H,2,4,7,9-10,12,15H2,1H3,(H,30,32)/t16-,23+/m0/s1. The van der Waals surface area contributed by atoms with Gasteiger partial charge in [-0.1, -0.05) is 24.3 Å². The zero-order chi connectivity index (χ0) is 25.2. The third-order valence-electron chi connectivity index (χ3n) is 6.35. The maximum Gasteiger partial charge on any atom is 0.416 e. The van der Waals surface area contributed by atoms with Crippen LogP contribution in [0.2, 0.25) is 0 Å². The van der Waals surface area contributed by atoms with Crippen LogP contribution < -0.4 is 15.4 Å². The number of nitrogens with one attached hydrogen (secondary N) is 3. The highest BCUT2D eigenvalue weighted by atomic mass is 32.2. The number of hydrogen-bond donors (Lipinski definition) is 3. The topological polar surface area (TPSA) is 87.3 Å². The van der Waals surface area contributed by atoms with Gasteiger partial charge in [-0.15, -0.1) is 0 Å². The molecule has 0 aliphatic heterocycles. The third-order valence-corrected chi connectivity index (χ3v) is 7.94. The van der Waals surface area contributed by atoms with Crippen LogP contribution in [-0.4, -0.2) is 26.4 Å². The molecule has 1 amide bonds. The van der Waals surface area contributed by atoms with Crippen molar-refractivity contribution in [2.45, 2.75) is 81.2 Å². The van der Waals surface area contributed by atoms with E-state index in [0.29, 0.717) is 12.1 Å². The Hall–Kier alpha value is -2.43. The van der Waals surface area contributed by atoms with E-state index in [0.717, 1.165) is 49.6 Å². The van der Waals surface area contributed by atoms with E-state index >= 15 is 0 Å². The molecule has 3 N–H and O–H groups in total. The van der Waals surface area contributed by atoms with Crippen LogP contribution in [0.3, 0.4) is 0 Å². The van der Waals surface area contributed by atoms with Crippen molar-refractivity contribution in [3.63, 3.8) is 0 Å². The molecule has 0 heterocycles. The quantitative estimate of drug-likeness (QED) is 0.473. The highest BCUT2D eigenvalue weighted by molar-refractivity contribution is 7.89. The van der Waals surface area contributed by atoms with Gasteiger partial charge in [-0.05, 0) is 73.9 Å². The first-order valence-electron chi connectivity index (χ1n) is 11.9. The van der Waals surface area contributed by atoms with Gasteiger partial charge in [0, 0.05) is 25.0 Å². The summed E-state index contributed by atoms with van der Waals surface area (Å²) in [7, 11) is -4.22. The van der Waals surface area contributed by atoms with Crippen LogP contribution in [0.25, 0.3) is 0 Å². The number of sulfonamides is 1. The number of amides is 1. The van der Waals surface area contributed by atoms with Gasteiger partial charge in [0.25, 0.3) is 0 Å². The fraction of sp³-hybridized carbons (Fsp3) is 0.480. The molecule has 2 aliphatic rings. The van der Waals surface area contributed by atoms with E-state index in [-0.39, 0.29) is 18.4 Å². The number of halogens is 3. The summed E-state index contributed by atoms with van der Waals surface area (Å²) in [6.07, 6.45) is 0.362. The molecule has 0 unspecified atom stereocenters. The van der Waals surface area contributed by atoms with Gasteiger partial charge >= 0.3 is 6.18 Å². The summed E-state index contributed by atoms with van der Waals surface area (Å²) in [5, 5.41) is 6.51. The average Bonchev–Trinajstić information content (AvgIpc) is 3.61. The Kier molecular flexibility index (Phi) is 7.54. The van der Waals surface area contributed by atoms with Crippen molar-refractivity contribution in [3.05, 3.63) is 64.7 Å². The zero-order valence-corrected chi connectivity index (χ0v) is 20.3. The Morgan fingerprint density at radius 3 is 2.60 bits per heavy atom. The second kappa shape index (κ2) is 10.3. The van der Waals surface area contributed by atoms with Gasteiger partial charge in [0.05, 0.1) is 16.5 Å². The van der Waals surface area contributed by atoms with Crippen LogP contribution >= 0.6 is 0 Å². The fourth-order valence-electron chi connectivity index (χ4n) is 4.42. The van der Waals surface area contributed by atoms with E-state index in [2.05, 4.69) is 33.6 Å². The van der Waals surface area contributed by atoms with Gasteiger partial charge in [-0.3, -0.25) is 4.79 Å². The SMILES string of the molecule is C[C@@H](CC(=O)N[C@@H]1CCCc2cc(CNC3CC3)ccc21)NS(=O)(=O)c1cccc(C(F)(F)F)c1. The maximum atomic E-state index is 12.9. The number of fused-ring (bicyclic) bond motifs is 1. The molecular formula is C25H30F3N3O3S. The van der Waals surface area contributed by atoms with Crippen molar-refractivity contribution in [2.24, 2.45) is 0 Å². The summed E-state index contributed by atoms with van der Waals surface area (Å²) in [5.74, 6) is -0.318. The van der Waals surface area contributed by atoms with Crippen LogP contribution in [0.15, 0.2) is 47.4 Å². The van der Waals surface area contributed by atoms with Crippen molar-refractivity contribution in [1.29, 1.82) is 0 Å². The van der Waals surface area contributed by atoms with E-state index in [9.17, 15) is 26.4 Å². The van der Waals surface area contributed by atoms with E-state index in [1.807, 2.05) is 0 Å². The van der Waals surface area contributed by atoms with Gasteiger partial charge in [0.2, 0.25) is 15.9 Å². The van der Waals surface area contributed by atoms with Gasteiger partial charge in [0.15, 0.2) is 0 Å². The lowest BCUT2D eigenvalue weighted by atomic mass is 9.86. The van der Waals surface area contributed by atoms with Gasteiger partial charge in [0.1, 0.15) is 0 Å². The molecule has 2 aliphatic carbocycles. The summed E-state index contributed by atoms with van der Waals surface area (Å²) in [5.41, 5.74) is 2.47. The van der Waals surface area contributed by atoms with Crippen LogP contribution in [0.5, 0.6) is 0 Å². The molecule has 6 nitrogen and oxygen atoms in total. The largest absolute Gasteiger partial charge is 0.416 e. The molecule has 2 aromatic rings. The van der Waals surface area contributed by atoms with Crippen molar-refractivity contribution >= 4 is 15.9 Å². The monoisotopic (exact) mass is 509 g/mol. The minimum Gasteiger partial charge on any atom is -0.349 e. The number of benzene rings is 2. The zero-order valence-electron chi connectivity index (χ0n) is 19.5. The number of hydrogen-bond acceptors (Lipinski definition) is 4. The highest BCUT2D eigenvalue weighted by Gasteiger charge is 2.32. The predicted octanol–water partition coefficient (Wildman–Crippen LogP) is 4.21. The first-order valence-corrected chi connectivity index (χ1v) is 13.3. The second-order valence-corrected chi connectivity index (χ2v) is 11.2. The number of carbonyl (C=O) groups excluding carboxylic acids is 1. The first kappa shape index (κ1) is 25.7. The first-order chi connectivity index (χ1) is 16.5. The summed E-state index contributed by atoms with van der Waals surface area (Å²) in [6, 6.07) is 9.54. The third kappa shape index (κ3) is 6.83. The molecule has 0 radical (unpaired) electrons. The molecule has 2 aromatic carbocycles. The lowest BCUT2D eigenvalue weighted by molar-refractivity contribution is -0.137. The minimum absolute atomic E-state index is 0.132. The Bertz CT molecular complexity index is 1180. The van der Waals surface area contributed by atoms with Crippen molar-refractivity contribution in [2.75, 3.05) is 0 Å². The van der Waals surface area contributed by atoms with E-state index in [4.69, 9.17) is 0 Å². The predicted molar refractivity (Wildman–Crippen MR) is 126 cm³/mol. The molecule has 1 saturated carbocycles. The number of aryl methyl sites for hydroxylation is 1. The molecule has 10 heteroatoms. The Labute approximate surface area is 203 Å². The molecule has 0 saturated heterocycles. The van der Waals surface area contributed by atoms with Crippen LogP contribution in [0.1, 0.15) is 67.3 Å².